The molecule has 0 atom stereocenters. The molecule has 0 saturated heterocycles. The number of carbonyl (C=O) groups excluding carboxylic acids is 1. The molecule has 1 rings (SSSR count). The van der Waals surface area contributed by atoms with Gasteiger partial charge >= 0.3 is 0 Å². The lowest BCUT2D eigenvalue weighted by Crippen LogP contribution is -2.34. The van der Waals surface area contributed by atoms with E-state index in [0.29, 0.717) is 25.6 Å². The van der Waals surface area contributed by atoms with E-state index in [9.17, 15) is 4.79 Å². The summed E-state index contributed by atoms with van der Waals surface area (Å²) in [6, 6.07) is 3.67. The molecule has 20 heavy (non-hydrogen) atoms. The minimum atomic E-state index is -0.0288. The molecule has 0 fully saturated rings. The van der Waals surface area contributed by atoms with E-state index in [4.69, 9.17) is 5.73 Å². The van der Waals surface area contributed by atoms with E-state index < -0.39 is 0 Å². The SMILES string of the molecule is C=C(C)CN=C(N)NCCCNC(=O)c1cccs1.I. The average Bonchev–Trinajstić information content (AvgIpc) is 2.89. The Morgan fingerprint density at radius 3 is 2.75 bits per heavy atom. The lowest BCUT2D eigenvalue weighted by Gasteiger charge is -2.06. The lowest BCUT2D eigenvalue weighted by atomic mass is 10.3. The Morgan fingerprint density at radius 2 is 2.15 bits per heavy atom. The van der Waals surface area contributed by atoms with Crippen molar-refractivity contribution in [2.75, 3.05) is 19.6 Å². The van der Waals surface area contributed by atoms with Gasteiger partial charge in [0.1, 0.15) is 0 Å². The first-order valence-electron chi connectivity index (χ1n) is 6.09. The third-order valence-corrected chi connectivity index (χ3v) is 3.08. The summed E-state index contributed by atoms with van der Waals surface area (Å²) in [5, 5.41) is 7.71. The highest BCUT2D eigenvalue weighted by Gasteiger charge is 2.04. The molecule has 0 aliphatic rings. The topological polar surface area (TPSA) is 79.5 Å². The van der Waals surface area contributed by atoms with E-state index in [1.54, 1.807) is 6.07 Å². The van der Waals surface area contributed by atoms with Gasteiger partial charge in [-0.2, -0.15) is 0 Å². The maximum atomic E-state index is 11.6. The number of guanidine groups is 1. The van der Waals surface area contributed by atoms with Gasteiger partial charge in [0.25, 0.3) is 5.91 Å². The first kappa shape index (κ1) is 18.9. The predicted octanol–water partition coefficient (Wildman–Crippen LogP) is 1.97. The molecule has 0 unspecified atom stereocenters. The van der Waals surface area contributed by atoms with Crippen molar-refractivity contribution in [1.82, 2.24) is 10.6 Å². The molecule has 4 N–H and O–H groups in total. The minimum Gasteiger partial charge on any atom is -0.370 e. The smallest absolute Gasteiger partial charge is 0.261 e. The van der Waals surface area contributed by atoms with E-state index in [1.807, 2.05) is 18.4 Å². The van der Waals surface area contributed by atoms with Crippen molar-refractivity contribution in [2.24, 2.45) is 10.7 Å². The van der Waals surface area contributed by atoms with Crippen molar-refractivity contribution in [3.63, 3.8) is 0 Å². The molecule has 0 saturated carbocycles. The number of carbonyl (C=O) groups is 1. The van der Waals surface area contributed by atoms with E-state index in [1.165, 1.54) is 11.3 Å². The van der Waals surface area contributed by atoms with Gasteiger partial charge in [0.05, 0.1) is 11.4 Å². The first-order chi connectivity index (χ1) is 9.09. The predicted molar refractivity (Wildman–Crippen MR) is 96.0 cm³/mol. The van der Waals surface area contributed by atoms with Crippen LogP contribution in [-0.2, 0) is 0 Å². The van der Waals surface area contributed by atoms with Gasteiger partial charge in [-0.25, -0.2) is 4.99 Å². The largest absolute Gasteiger partial charge is 0.370 e. The fraction of sp³-hybridized carbons (Fsp3) is 0.385. The Labute approximate surface area is 140 Å². The molecule has 0 radical (unpaired) electrons. The second kappa shape index (κ2) is 10.7. The summed E-state index contributed by atoms with van der Waals surface area (Å²) < 4.78 is 0. The van der Waals surface area contributed by atoms with Crippen LogP contribution in [0, 0.1) is 0 Å². The molecule has 1 amide bonds. The number of thiophene rings is 1. The Bertz CT molecular complexity index is 445. The highest BCUT2D eigenvalue weighted by Crippen LogP contribution is 2.07. The normalized spacial score (nSPS) is 10.6. The summed E-state index contributed by atoms with van der Waals surface area (Å²) in [6.45, 7) is 7.46. The number of nitrogens with one attached hydrogen (secondary N) is 2. The summed E-state index contributed by atoms with van der Waals surface area (Å²) in [5.74, 6) is 0.381. The van der Waals surface area contributed by atoms with Gasteiger partial charge in [-0.15, -0.1) is 35.3 Å². The maximum absolute atomic E-state index is 11.6. The molecule has 0 bridgehead atoms. The molecule has 0 aliphatic heterocycles. The van der Waals surface area contributed by atoms with Gasteiger partial charge in [-0.3, -0.25) is 4.79 Å². The van der Waals surface area contributed by atoms with Gasteiger partial charge in [-0.05, 0) is 24.8 Å². The zero-order valence-corrected chi connectivity index (χ0v) is 14.7. The maximum Gasteiger partial charge on any atom is 0.261 e. The third-order valence-electron chi connectivity index (χ3n) is 2.21. The molecule has 1 heterocycles. The Balaban J connectivity index is 0.00000361. The van der Waals surface area contributed by atoms with Crippen molar-refractivity contribution in [2.45, 2.75) is 13.3 Å². The van der Waals surface area contributed by atoms with Crippen LogP contribution in [0.25, 0.3) is 0 Å². The number of rotatable bonds is 7. The van der Waals surface area contributed by atoms with Gasteiger partial charge in [0.2, 0.25) is 0 Å². The summed E-state index contributed by atoms with van der Waals surface area (Å²) >= 11 is 1.43. The first-order valence-corrected chi connectivity index (χ1v) is 6.97. The number of amides is 1. The Morgan fingerprint density at radius 1 is 1.45 bits per heavy atom. The summed E-state index contributed by atoms with van der Waals surface area (Å²) in [5.41, 5.74) is 6.62. The van der Waals surface area contributed by atoms with E-state index >= 15 is 0 Å². The molecule has 1 aromatic rings. The zero-order valence-electron chi connectivity index (χ0n) is 11.5. The summed E-state index contributed by atoms with van der Waals surface area (Å²) in [6.07, 6.45) is 0.792. The molecule has 0 aliphatic carbocycles. The van der Waals surface area contributed by atoms with Crippen LogP contribution in [0.3, 0.4) is 0 Å². The second-order valence-electron chi connectivity index (χ2n) is 4.17. The molecule has 0 spiro atoms. The van der Waals surface area contributed by atoms with Crippen molar-refractivity contribution >= 4 is 47.2 Å². The molecule has 1 aromatic heterocycles. The highest BCUT2D eigenvalue weighted by molar-refractivity contribution is 14.0. The van der Waals surface area contributed by atoms with Crippen LogP contribution < -0.4 is 16.4 Å². The van der Waals surface area contributed by atoms with Gasteiger partial charge in [0.15, 0.2) is 5.96 Å². The summed E-state index contributed by atoms with van der Waals surface area (Å²) in [4.78, 5) is 16.4. The van der Waals surface area contributed by atoms with Gasteiger partial charge in [-0.1, -0.05) is 18.2 Å². The van der Waals surface area contributed by atoms with Crippen molar-refractivity contribution in [3.05, 3.63) is 34.5 Å². The van der Waals surface area contributed by atoms with Crippen LogP contribution in [0.4, 0.5) is 0 Å². The highest BCUT2D eigenvalue weighted by atomic mass is 127. The van der Waals surface area contributed by atoms with Crippen LogP contribution in [0.15, 0.2) is 34.7 Å². The van der Waals surface area contributed by atoms with E-state index in [-0.39, 0.29) is 29.9 Å². The van der Waals surface area contributed by atoms with Gasteiger partial charge < -0.3 is 16.4 Å². The lowest BCUT2D eigenvalue weighted by molar-refractivity contribution is 0.0957. The van der Waals surface area contributed by atoms with Crippen molar-refractivity contribution in [3.8, 4) is 0 Å². The Kier molecular flexibility index (Phi) is 10.1. The number of nitrogens with two attached hydrogens (primary N) is 1. The van der Waals surface area contributed by atoms with E-state index in [0.717, 1.165) is 16.9 Å². The average molecular weight is 408 g/mol. The Hall–Kier alpha value is -1.09. The standard InChI is InChI=1S/C13H20N4OS.HI/c1-10(2)9-17-13(14)16-7-4-6-15-12(18)11-5-3-8-19-11;/h3,5,8H,1,4,6-7,9H2,2H3,(H,15,18)(H3,14,16,17);1H. The number of nitrogens with zero attached hydrogens (tertiary/aromatic N) is 1. The third kappa shape index (κ3) is 8.16. The molecular weight excluding hydrogens is 387 g/mol. The minimum absolute atomic E-state index is 0. The van der Waals surface area contributed by atoms with Crippen LogP contribution in [0.5, 0.6) is 0 Å². The van der Waals surface area contributed by atoms with Crippen LogP contribution in [0.2, 0.25) is 0 Å². The van der Waals surface area contributed by atoms with E-state index in [2.05, 4.69) is 22.2 Å². The molecule has 0 aromatic carbocycles. The number of halogens is 1. The fourth-order valence-corrected chi connectivity index (χ4v) is 1.92. The molecule has 7 heteroatoms. The van der Waals surface area contributed by atoms with Crippen molar-refractivity contribution in [1.29, 1.82) is 0 Å². The second-order valence-corrected chi connectivity index (χ2v) is 5.12. The summed E-state index contributed by atoms with van der Waals surface area (Å²) in [7, 11) is 0. The van der Waals surface area contributed by atoms with Crippen LogP contribution in [0.1, 0.15) is 23.0 Å². The molecular formula is C13H21IN4OS. The number of aliphatic imine (C=N–C) groups is 1. The van der Waals surface area contributed by atoms with Gasteiger partial charge in [0, 0.05) is 13.1 Å². The van der Waals surface area contributed by atoms with Crippen molar-refractivity contribution < 1.29 is 4.79 Å². The number of hydrogen-bond acceptors (Lipinski definition) is 3. The fourth-order valence-electron chi connectivity index (χ4n) is 1.28. The number of hydrogen-bond donors (Lipinski definition) is 3. The van der Waals surface area contributed by atoms with Crippen LogP contribution >= 0.6 is 35.3 Å². The molecule has 112 valence electrons. The quantitative estimate of drug-likeness (QED) is 0.212. The van der Waals surface area contributed by atoms with Crippen LogP contribution in [-0.4, -0.2) is 31.5 Å². The zero-order chi connectivity index (χ0) is 14.1. The monoisotopic (exact) mass is 408 g/mol. The molecule has 5 nitrogen and oxygen atoms in total.